The summed E-state index contributed by atoms with van der Waals surface area (Å²) in [5, 5.41) is 2.97. The van der Waals surface area contributed by atoms with E-state index in [2.05, 4.69) is 5.32 Å². The number of carbonyl (C=O) groups is 2. The lowest BCUT2D eigenvalue weighted by Gasteiger charge is -2.31. The van der Waals surface area contributed by atoms with Gasteiger partial charge in [0.15, 0.2) is 0 Å². The summed E-state index contributed by atoms with van der Waals surface area (Å²) in [4.78, 5) is 28.5. The van der Waals surface area contributed by atoms with Gasteiger partial charge in [0.05, 0.1) is 12.9 Å². The quantitative estimate of drug-likeness (QED) is 0.343. The molecular formula is C29H33FN2O3S. The molecule has 0 saturated heterocycles. The van der Waals surface area contributed by atoms with Crippen LogP contribution in [0.5, 0.6) is 5.75 Å². The number of thioether (sulfide) groups is 1. The minimum atomic E-state index is -0.688. The molecule has 5 nitrogen and oxygen atoms in total. The second-order valence-electron chi connectivity index (χ2n) is 8.45. The van der Waals surface area contributed by atoms with Crippen molar-refractivity contribution < 1.29 is 18.7 Å². The maximum atomic E-state index is 14.1. The Bertz CT molecular complexity index is 1130. The van der Waals surface area contributed by atoms with Crippen LogP contribution in [0, 0.1) is 5.82 Å². The van der Waals surface area contributed by atoms with Crippen LogP contribution in [0.2, 0.25) is 0 Å². The summed E-state index contributed by atoms with van der Waals surface area (Å²) in [6.45, 7) is 2.78. The minimum Gasteiger partial charge on any atom is -0.497 e. The first-order chi connectivity index (χ1) is 17.5. The van der Waals surface area contributed by atoms with Crippen LogP contribution in [0.15, 0.2) is 78.9 Å². The summed E-state index contributed by atoms with van der Waals surface area (Å²) in [7, 11) is 1.60. The lowest BCUT2D eigenvalue weighted by molar-refractivity contribution is -0.139. The van der Waals surface area contributed by atoms with Gasteiger partial charge in [0, 0.05) is 25.3 Å². The Hall–Kier alpha value is -3.32. The fraction of sp³-hybridized carbons (Fsp3) is 0.310. The Morgan fingerprint density at radius 1 is 1.00 bits per heavy atom. The summed E-state index contributed by atoms with van der Waals surface area (Å²) >= 11 is 1.34. The van der Waals surface area contributed by atoms with Crippen LogP contribution in [0.4, 0.5) is 4.39 Å². The molecule has 0 radical (unpaired) electrons. The third-order valence-electron chi connectivity index (χ3n) is 5.75. The summed E-state index contributed by atoms with van der Waals surface area (Å²) in [5.74, 6) is 0.541. The smallest absolute Gasteiger partial charge is 0.243 e. The Labute approximate surface area is 217 Å². The number of nitrogens with one attached hydrogen (secondary N) is 1. The second kappa shape index (κ2) is 14.3. The van der Waals surface area contributed by atoms with Crippen molar-refractivity contribution in [2.45, 2.75) is 38.1 Å². The van der Waals surface area contributed by atoms with Gasteiger partial charge in [-0.1, -0.05) is 67.6 Å². The minimum absolute atomic E-state index is 0.130. The SMILES string of the molecule is CCCNC(=O)[C@@H](Cc1ccccc1)N(Cc1cccc(OC)c1)C(=O)CSCc1ccccc1F. The van der Waals surface area contributed by atoms with E-state index in [-0.39, 0.29) is 29.9 Å². The van der Waals surface area contributed by atoms with E-state index in [9.17, 15) is 14.0 Å². The van der Waals surface area contributed by atoms with Gasteiger partial charge in [0.25, 0.3) is 0 Å². The van der Waals surface area contributed by atoms with E-state index in [1.807, 2.05) is 61.5 Å². The highest BCUT2D eigenvalue weighted by Crippen LogP contribution is 2.21. The number of ether oxygens (including phenoxy) is 1. The van der Waals surface area contributed by atoms with Crippen molar-refractivity contribution in [1.82, 2.24) is 10.2 Å². The van der Waals surface area contributed by atoms with Crippen molar-refractivity contribution in [3.8, 4) is 5.75 Å². The van der Waals surface area contributed by atoms with Crippen molar-refractivity contribution in [1.29, 1.82) is 0 Å². The van der Waals surface area contributed by atoms with Crippen LogP contribution in [0.1, 0.15) is 30.0 Å². The predicted octanol–water partition coefficient (Wildman–Crippen LogP) is 5.23. The van der Waals surface area contributed by atoms with E-state index in [4.69, 9.17) is 4.74 Å². The maximum Gasteiger partial charge on any atom is 0.243 e. The summed E-state index contributed by atoms with van der Waals surface area (Å²) < 4.78 is 19.4. The molecule has 36 heavy (non-hydrogen) atoms. The molecule has 190 valence electrons. The monoisotopic (exact) mass is 508 g/mol. The number of hydrogen-bond acceptors (Lipinski definition) is 4. The zero-order valence-corrected chi connectivity index (χ0v) is 21.6. The molecule has 0 aliphatic carbocycles. The normalized spacial score (nSPS) is 11.5. The van der Waals surface area contributed by atoms with Crippen molar-refractivity contribution in [3.05, 3.63) is 101 Å². The molecule has 0 unspecified atom stereocenters. The summed E-state index contributed by atoms with van der Waals surface area (Å²) in [6.07, 6.45) is 1.19. The molecular weight excluding hydrogens is 475 g/mol. The van der Waals surface area contributed by atoms with Crippen molar-refractivity contribution in [3.63, 3.8) is 0 Å². The van der Waals surface area contributed by atoms with Crippen molar-refractivity contribution >= 4 is 23.6 Å². The van der Waals surface area contributed by atoms with E-state index in [0.29, 0.717) is 30.0 Å². The van der Waals surface area contributed by atoms with Gasteiger partial charge < -0.3 is 15.0 Å². The molecule has 1 atom stereocenters. The largest absolute Gasteiger partial charge is 0.497 e. The molecule has 0 aromatic heterocycles. The Kier molecular flexibility index (Phi) is 10.8. The van der Waals surface area contributed by atoms with E-state index in [1.54, 1.807) is 30.2 Å². The Balaban J connectivity index is 1.85. The highest BCUT2D eigenvalue weighted by Gasteiger charge is 2.30. The number of nitrogens with zero attached hydrogens (tertiary/aromatic N) is 1. The molecule has 3 aromatic rings. The molecule has 0 bridgehead atoms. The van der Waals surface area contributed by atoms with Gasteiger partial charge in [-0.2, -0.15) is 0 Å². The van der Waals surface area contributed by atoms with Gasteiger partial charge >= 0.3 is 0 Å². The van der Waals surface area contributed by atoms with Crippen LogP contribution < -0.4 is 10.1 Å². The highest BCUT2D eigenvalue weighted by atomic mass is 32.2. The molecule has 7 heteroatoms. The maximum absolute atomic E-state index is 14.1. The average Bonchev–Trinajstić information content (AvgIpc) is 2.91. The molecule has 3 aromatic carbocycles. The number of methoxy groups -OCH3 is 1. The molecule has 0 spiro atoms. The molecule has 0 heterocycles. The number of carbonyl (C=O) groups excluding carboxylic acids is 2. The number of benzene rings is 3. The third kappa shape index (κ3) is 8.12. The molecule has 0 aliphatic heterocycles. The zero-order chi connectivity index (χ0) is 25.8. The van der Waals surface area contributed by atoms with Gasteiger partial charge in [-0.3, -0.25) is 9.59 Å². The van der Waals surface area contributed by atoms with E-state index in [1.165, 1.54) is 17.8 Å². The van der Waals surface area contributed by atoms with E-state index < -0.39 is 6.04 Å². The molecule has 1 N–H and O–H groups in total. The standard InChI is InChI=1S/C29H33FN2O3S/c1-3-16-31-29(34)27(18-22-10-5-4-6-11-22)32(19-23-12-9-14-25(17-23)35-2)28(33)21-36-20-24-13-7-8-15-26(24)30/h4-15,17,27H,3,16,18-21H2,1-2H3,(H,31,34)/t27-/m1/s1. The molecule has 3 rings (SSSR count). The number of rotatable bonds is 13. The van der Waals surface area contributed by atoms with Gasteiger partial charge in [0.1, 0.15) is 17.6 Å². The third-order valence-corrected chi connectivity index (χ3v) is 6.71. The topological polar surface area (TPSA) is 58.6 Å². The number of hydrogen-bond donors (Lipinski definition) is 1. The molecule has 0 saturated carbocycles. The molecule has 0 aliphatic rings. The van der Waals surface area contributed by atoms with Crippen molar-refractivity contribution in [2.75, 3.05) is 19.4 Å². The zero-order valence-electron chi connectivity index (χ0n) is 20.8. The van der Waals surface area contributed by atoms with E-state index in [0.717, 1.165) is 17.5 Å². The van der Waals surface area contributed by atoms with Crippen LogP contribution in [-0.2, 0) is 28.3 Å². The second-order valence-corrected chi connectivity index (χ2v) is 9.44. The summed E-state index contributed by atoms with van der Waals surface area (Å²) in [5.41, 5.74) is 2.39. The molecule has 0 fully saturated rings. The first kappa shape index (κ1) is 27.3. The van der Waals surface area contributed by atoms with E-state index >= 15 is 0 Å². The van der Waals surface area contributed by atoms with Crippen LogP contribution in [0.3, 0.4) is 0 Å². The number of amides is 2. The fourth-order valence-electron chi connectivity index (χ4n) is 3.83. The van der Waals surface area contributed by atoms with Gasteiger partial charge in [0.2, 0.25) is 11.8 Å². The van der Waals surface area contributed by atoms with Gasteiger partial charge in [-0.15, -0.1) is 11.8 Å². The number of halogens is 1. The Morgan fingerprint density at radius 3 is 2.44 bits per heavy atom. The van der Waals surface area contributed by atoms with Crippen LogP contribution in [-0.4, -0.2) is 42.2 Å². The lowest BCUT2D eigenvalue weighted by atomic mass is 10.0. The fourth-order valence-corrected chi connectivity index (χ4v) is 4.73. The predicted molar refractivity (Wildman–Crippen MR) is 143 cm³/mol. The Morgan fingerprint density at radius 2 is 1.72 bits per heavy atom. The highest BCUT2D eigenvalue weighted by molar-refractivity contribution is 7.99. The van der Waals surface area contributed by atoms with Gasteiger partial charge in [-0.25, -0.2) is 4.39 Å². The average molecular weight is 509 g/mol. The first-order valence-corrected chi connectivity index (χ1v) is 13.2. The lowest BCUT2D eigenvalue weighted by Crippen LogP contribution is -2.51. The van der Waals surface area contributed by atoms with Crippen LogP contribution in [0.25, 0.3) is 0 Å². The van der Waals surface area contributed by atoms with Gasteiger partial charge in [-0.05, 0) is 41.3 Å². The van der Waals surface area contributed by atoms with Crippen molar-refractivity contribution in [2.24, 2.45) is 0 Å². The summed E-state index contributed by atoms with van der Waals surface area (Å²) in [6, 6.07) is 23.1. The molecule has 2 amide bonds. The first-order valence-electron chi connectivity index (χ1n) is 12.1. The van der Waals surface area contributed by atoms with Crippen LogP contribution >= 0.6 is 11.8 Å².